The first-order valence-electron chi connectivity index (χ1n) is 10.7. The van der Waals surface area contributed by atoms with Gasteiger partial charge in [-0.25, -0.2) is 0 Å². The van der Waals surface area contributed by atoms with Gasteiger partial charge in [0.15, 0.2) is 0 Å². The third kappa shape index (κ3) is 5.29. The van der Waals surface area contributed by atoms with Gasteiger partial charge in [0.25, 0.3) is 5.91 Å². The van der Waals surface area contributed by atoms with Gasteiger partial charge in [0.2, 0.25) is 5.91 Å². The second-order valence-electron chi connectivity index (χ2n) is 7.98. The van der Waals surface area contributed by atoms with Crippen LogP contribution in [0.25, 0.3) is 0 Å². The van der Waals surface area contributed by atoms with Crippen LogP contribution in [0.4, 0.5) is 5.69 Å². The highest BCUT2D eigenvalue weighted by Gasteiger charge is 2.27. The largest absolute Gasteiger partial charge is 0.457 e. The molecule has 1 fully saturated rings. The third-order valence-electron chi connectivity index (χ3n) is 5.37. The van der Waals surface area contributed by atoms with E-state index in [1.54, 1.807) is 30.5 Å². The zero-order valence-electron chi connectivity index (χ0n) is 18.2. The van der Waals surface area contributed by atoms with E-state index in [2.05, 4.69) is 10.3 Å². The van der Waals surface area contributed by atoms with Crippen LogP contribution in [0, 0.1) is 6.92 Å². The lowest BCUT2D eigenvalue weighted by molar-refractivity contribution is -0.114. The van der Waals surface area contributed by atoms with Gasteiger partial charge >= 0.3 is 0 Å². The number of carbonyl (C=O) groups excluding carboxylic acids is 2. The summed E-state index contributed by atoms with van der Waals surface area (Å²) in [6.07, 6.45) is 3.52. The van der Waals surface area contributed by atoms with Gasteiger partial charge in [-0.2, -0.15) is 0 Å². The Bertz CT molecular complexity index is 1100. The molecule has 1 atom stereocenters. The highest BCUT2D eigenvalue weighted by atomic mass is 16.5. The molecule has 1 aliphatic rings. The molecule has 1 aliphatic heterocycles. The molecule has 0 saturated carbocycles. The van der Waals surface area contributed by atoms with Crippen molar-refractivity contribution < 1.29 is 14.3 Å². The summed E-state index contributed by atoms with van der Waals surface area (Å²) in [6, 6.07) is 16.5. The van der Waals surface area contributed by atoms with E-state index in [1.807, 2.05) is 42.2 Å². The minimum Gasteiger partial charge on any atom is -0.457 e. The number of aryl methyl sites for hydroxylation is 1. The van der Waals surface area contributed by atoms with Crippen molar-refractivity contribution in [2.24, 2.45) is 0 Å². The molecule has 1 aromatic carbocycles. The average Bonchev–Trinajstić information content (AvgIpc) is 2.80. The highest BCUT2D eigenvalue weighted by Crippen LogP contribution is 2.31. The smallest absolute Gasteiger partial charge is 0.272 e. The van der Waals surface area contributed by atoms with Crippen LogP contribution in [0.2, 0.25) is 0 Å². The molecule has 0 unspecified atom stereocenters. The number of aromatic nitrogens is 2. The first kappa shape index (κ1) is 21.5. The summed E-state index contributed by atoms with van der Waals surface area (Å²) in [6.45, 7) is 4.75. The molecule has 32 heavy (non-hydrogen) atoms. The van der Waals surface area contributed by atoms with Gasteiger partial charge in [-0.3, -0.25) is 19.6 Å². The van der Waals surface area contributed by atoms with Gasteiger partial charge in [0, 0.05) is 61.3 Å². The molecule has 2 aromatic heterocycles. The quantitative estimate of drug-likeness (QED) is 0.642. The second kappa shape index (κ2) is 9.60. The summed E-state index contributed by atoms with van der Waals surface area (Å²) in [5, 5.41) is 2.74. The van der Waals surface area contributed by atoms with Crippen LogP contribution in [-0.2, 0) is 4.79 Å². The number of carbonyl (C=O) groups is 2. The molecule has 0 spiro atoms. The molecule has 4 rings (SSSR count). The van der Waals surface area contributed by atoms with E-state index in [0.29, 0.717) is 23.7 Å². The van der Waals surface area contributed by atoms with Gasteiger partial charge in [0.1, 0.15) is 17.2 Å². The standard InChI is InChI=1S/C25H26N4O3/c1-17-14-22(32-21-10-8-20(9-11-21)28-18(2)30)15-24(27-17)19-6-5-13-29(16-19)25(31)23-7-3-4-12-26-23/h3-4,7-12,14-15,19H,5-6,13,16H2,1-2H3,(H,28,30)/t19-/m0/s1. The summed E-state index contributed by atoms with van der Waals surface area (Å²) in [5.41, 5.74) is 2.97. The van der Waals surface area contributed by atoms with Crippen LogP contribution in [0.5, 0.6) is 11.5 Å². The van der Waals surface area contributed by atoms with Crippen molar-refractivity contribution in [2.75, 3.05) is 18.4 Å². The second-order valence-corrected chi connectivity index (χ2v) is 7.98. The number of hydrogen-bond acceptors (Lipinski definition) is 5. The summed E-state index contributed by atoms with van der Waals surface area (Å²) >= 11 is 0. The molecule has 7 nitrogen and oxygen atoms in total. The summed E-state index contributed by atoms with van der Waals surface area (Å²) in [4.78, 5) is 34.8. The molecule has 2 amide bonds. The fourth-order valence-corrected chi connectivity index (χ4v) is 3.93. The van der Waals surface area contributed by atoms with Crippen LogP contribution in [0.3, 0.4) is 0 Å². The first-order valence-corrected chi connectivity index (χ1v) is 10.7. The maximum absolute atomic E-state index is 12.8. The Morgan fingerprint density at radius 2 is 1.91 bits per heavy atom. The highest BCUT2D eigenvalue weighted by molar-refractivity contribution is 5.92. The molecule has 7 heteroatoms. The van der Waals surface area contributed by atoms with Crippen LogP contribution in [0.1, 0.15) is 47.6 Å². The van der Waals surface area contributed by atoms with Gasteiger partial charge in [0.05, 0.1) is 0 Å². The van der Waals surface area contributed by atoms with E-state index in [-0.39, 0.29) is 17.7 Å². The van der Waals surface area contributed by atoms with Crippen molar-refractivity contribution in [3.63, 3.8) is 0 Å². The minimum absolute atomic E-state index is 0.0429. The lowest BCUT2D eigenvalue weighted by Gasteiger charge is -2.32. The molecule has 0 bridgehead atoms. The predicted octanol–water partition coefficient (Wildman–Crippen LogP) is 4.56. The summed E-state index contributed by atoms with van der Waals surface area (Å²) < 4.78 is 6.05. The summed E-state index contributed by atoms with van der Waals surface area (Å²) in [5.74, 6) is 1.36. The summed E-state index contributed by atoms with van der Waals surface area (Å²) in [7, 11) is 0. The van der Waals surface area contributed by atoms with Gasteiger partial charge in [-0.05, 0) is 56.2 Å². The van der Waals surface area contributed by atoms with Gasteiger partial charge < -0.3 is 15.0 Å². The molecule has 1 saturated heterocycles. The maximum atomic E-state index is 12.8. The number of nitrogens with one attached hydrogen (secondary N) is 1. The molecule has 0 radical (unpaired) electrons. The Kier molecular flexibility index (Phi) is 6.44. The number of nitrogens with zero attached hydrogens (tertiary/aromatic N) is 3. The van der Waals surface area contributed by atoms with E-state index < -0.39 is 0 Å². The van der Waals surface area contributed by atoms with Crippen molar-refractivity contribution in [2.45, 2.75) is 32.6 Å². The zero-order chi connectivity index (χ0) is 22.5. The van der Waals surface area contributed by atoms with Crippen molar-refractivity contribution >= 4 is 17.5 Å². The molecule has 0 aliphatic carbocycles. The Morgan fingerprint density at radius 3 is 2.62 bits per heavy atom. The van der Waals surface area contributed by atoms with E-state index in [0.717, 1.165) is 36.5 Å². The van der Waals surface area contributed by atoms with Gasteiger partial charge in [-0.15, -0.1) is 0 Å². The van der Waals surface area contributed by atoms with Crippen LogP contribution in [-0.4, -0.2) is 39.8 Å². The lowest BCUT2D eigenvalue weighted by atomic mass is 9.93. The van der Waals surface area contributed by atoms with Crippen molar-refractivity contribution in [3.05, 3.63) is 77.9 Å². The number of benzene rings is 1. The third-order valence-corrected chi connectivity index (χ3v) is 5.37. The van der Waals surface area contributed by atoms with E-state index in [1.165, 1.54) is 6.92 Å². The molecular weight excluding hydrogens is 404 g/mol. The van der Waals surface area contributed by atoms with E-state index in [4.69, 9.17) is 9.72 Å². The van der Waals surface area contributed by atoms with Crippen LogP contribution >= 0.6 is 0 Å². The molecule has 164 valence electrons. The lowest BCUT2D eigenvalue weighted by Crippen LogP contribution is -2.39. The fraction of sp³-hybridized carbons (Fsp3) is 0.280. The zero-order valence-corrected chi connectivity index (χ0v) is 18.2. The Labute approximate surface area is 187 Å². The number of anilines is 1. The Hall–Kier alpha value is -3.74. The number of pyridine rings is 2. The van der Waals surface area contributed by atoms with Crippen molar-refractivity contribution in [3.8, 4) is 11.5 Å². The predicted molar refractivity (Wildman–Crippen MR) is 122 cm³/mol. The minimum atomic E-state index is -0.115. The Balaban J connectivity index is 1.48. The average molecular weight is 431 g/mol. The first-order chi connectivity index (χ1) is 15.5. The number of piperidine rings is 1. The topological polar surface area (TPSA) is 84.4 Å². The molecule has 3 heterocycles. The fourth-order valence-electron chi connectivity index (χ4n) is 3.93. The number of amides is 2. The number of ether oxygens (including phenoxy) is 1. The van der Waals surface area contributed by atoms with E-state index in [9.17, 15) is 9.59 Å². The Morgan fingerprint density at radius 1 is 1.09 bits per heavy atom. The normalized spacial score (nSPS) is 15.8. The van der Waals surface area contributed by atoms with Crippen molar-refractivity contribution in [1.82, 2.24) is 14.9 Å². The molecule has 1 N–H and O–H groups in total. The number of rotatable bonds is 5. The maximum Gasteiger partial charge on any atom is 0.272 e. The van der Waals surface area contributed by atoms with Gasteiger partial charge in [-0.1, -0.05) is 6.07 Å². The molecular formula is C25H26N4O3. The van der Waals surface area contributed by atoms with Crippen LogP contribution in [0.15, 0.2) is 60.8 Å². The molecule has 3 aromatic rings. The SMILES string of the molecule is CC(=O)Nc1ccc(Oc2cc(C)nc([C@H]3CCCN(C(=O)c4ccccn4)C3)c2)cc1. The van der Waals surface area contributed by atoms with Crippen molar-refractivity contribution in [1.29, 1.82) is 0 Å². The number of hydrogen-bond donors (Lipinski definition) is 1. The van der Waals surface area contributed by atoms with E-state index >= 15 is 0 Å². The number of likely N-dealkylation sites (tertiary alicyclic amines) is 1. The van der Waals surface area contributed by atoms with Crippen LogP contribution < -0.4 is 10.1 Å². The monoisotopic (exact) mass is 430 g/mol.